The molecule has 1 rings (SSSR count). The summed E-state index contributed by atoms with van der Waals surface area (Å²) in [5.74, 6) is 0. The lowest BCUT2D eigenvalue weighted by Crippen LogP contribution is -2.31. The Hall–Kier alpha value is -0.860. The molecule has 0 aliphatic carbocycles. The lowest BCUT2D eigenvalue weighted by atomic mass is 9.99. The van der Waals surface area contributed by atoms with E-state index in [1.165, 1.54) is 11.1 Å². The summed E-state index contributed by atoms with van der Waals surface area (Å²) in [6, 6.07) is 8.50. The molecule has 1 aromatic carbocycles. The van der Waals surface area contributed by atoms with Crippen LogP contribution in [0, 0.1) is 6.92 Å². The maximum atomic E-state index is 6.18. The summed E-state index contributed by atoms with van der Waals surface area (Å²) in [7, 11) is 0. The standard InChI is InChI=1S/C15H25NO/c1-5-12(4)17-15(14(16)6-2)13-9-7-8-11(3)10-13/h7-10,12,14-15H,5-6,16H2,1-4H3. The first-order chi connectivity index (χ1) is 8.08. The van der Waals surface area contributed by atoms with Crippen LogP contribution in [0.5, 0.6) is 0 Å². The number of hydrogen-bond acceptors (Lipinski definition) is 2. The Morgan fingerprint density at radius 1 is 1.24 bits per heavy atom. The van der Waals surface area contributed by atoms with Crippen LogP contribution in [0.15, 0.2) is 24.3 Å². The van der Waals surface area contributed by atoms with Crippen molar-refractivity contribution in [3.05, 3.63) is 35.4 Å². The molecule has 2 nitrogen and oxygen atoms in total. The lowest BCUT2D eigenvalue weighted by molar-refractivity contribution is -0.0197. The molecule has 17 heavy (non-hydrogen) atoms. The number of rotatable bonds is 6. The molecule has 0 bridgehead atoms. The third kappa shape index (κ3) is 4.14. The number of nitrogens with two attached hydrogens (primary N) is 1. The summed E-state index contributed by atoms with van der Waals surface area (Å²) in [5, 5.41) is 0. The van der Waals surface area contributed by atoms with E-state index in [4.69, 9.17) is 10.5 Å². The number of hydrogen-bond donors (Lipinski definition) is 1. The molecule has 2 heteroatoms. The van der Waals surface area contributed by atoms with Crippen molar-refractivity contribution in [1.82, 2.24) is 0 Å². The Bertz CT molecular complexity index is 337. The summed E-state index contributed by atoms with van der Waals surface area (Å²) >= 11 is 0. The summed E-state index contributed by atoms with van der Waals surface area (Å²) in [4.78, 5) is 0. The van der Waals surface area contributed by atoms with E-state index < -0.39 is 0 Å². The molecule has 96 valence electrons. The molecule has 0 radical (unpaired) electrons. The minimum absolute atomic E-state index is 0.00912. The molecule has 0 saturated carbocycles. The number of ether oxygens (including phenoxy) is 1. The maximum Gasteiger partial charge on any atom is 0.0979 e. The molecule has 3 unspecified atom stereocenters. The molecule has 2 N–H and O–H groups in total. The molecule has 0 aromatic heterocycles. The Kier molecular flexibility index (Phi) is 5.66. The molecule has 3 atom stereocenters. The fraction of sp³-hybridized carbons (Fsp3) is 0.600. The van der Waals surface area contributed by atoms with Gasteiger partial charge in [-0.1, -0.05) is 43.7 Å². The van der Waals surface area contributed by atoms with Gasteiger partial charge in [-0.3, -0.25) is 0 Å². The summed E-state index contributed by atoms with van der Waals surface area (Å²) in [6.45, 7) is 8.44. The molecular weight excluding hydrogens is 210 g/mol. The summed E-state index contributed by atoms with van der Waals surface area (Å²) < 4.78 is 6.07. The van der Waals surface area contributed by atoms with Crippen molar-refractivity contribution >= 4 is 0 Å². The van der Waals surface area contributed by atoms with Gasteiger partial charge in [0.2, 0.25) is 0 Å². The fourth-order valence-electron chi connectivity index (χ4n) is 1.83. The first-order valence-corrected chi connectivity index (χ1v) is 6.56. The second-order valence-electron chi connectivity index (χ2n) is 4.76. The highest BCUT2D eigenvalue weighted by Crippen LogP contribution is 2.25. The molecule has 0 amide bonds. The third-order valence-corrected chi connectivity index (χ3v) is 3.18. The van der Waals surface area contributed by atoms with Crippen molar-refractivity contribution in [2.45, 2.75) is 58.8 Å². The van der Waals surface area contributed by atoms with Crippen molar-refractivity contribution in [3.63, 3.8) is 0 Å². The zero-order valence-corrected chi connectivity index (χ0v) is 11.4. The van der Waals surface area contributed by atoms with Gasteiger partial charge in [-0.2, -0.15) is 0 Å². The van der Waals surface area contributed by atoms with E-state index in [1.807, 2.05) is 0 Å². The van der Waals surface area contributed by atoms with Crippen molar-refractivity contribution in [3.8, 4) is 0 Å². The topological polar surface area (TPSA) is 35.2 Å². The van der Waals surface area contributed by atoms with Gasteiger partial charge in [0.15, 0.2) is 0 Å². The van der Waals surface area contributed by atoms with Gasteiger partial charge in [-0.05, 0) is 32.3 Å². The van der Waals surface area contributed by atoms with Crippen LogP contribution in [0.3, 0.4) is 0 Å². The van der Waals surface area contributed by atoms with Gasteiger partial charge in [0.05, 0.1) is 12.2 Å². The van der Waals surface area contributed by atoms with Crippen LogP contribution in [0.25, 0.3) is 0 Å². The Morgan fingerprint density at radius 3 is 2.47 bits per heavy atom. The predicted molar refractivity (Wildman–Crippen MR) is 73.0 cm³/mol. The van der Waals surface area contributed by atoms with Gasteiger partial charge in [-0.15, -0.1) is 0 Å². The molecular formula is C15H25NO. The van der Waals surface area contributed by atoms with Crippen molar-refractivity contribution in [2.75, 3.05) is 0 Å². The monoisotopic (exact) mass is 235 g/mol. The van der Waals surface area contributed by atoms with Gasteiger partial charge < -0.3 is 10.5 Å². The number of aryl methyl sites for hydroxylation is 1. The zero-order chi connectivity index (χ0) is 12.8. The van der Waals surface area contributed by atoms with Crippen molar-refractivity contribution in [2.24, 2.45) is 5.73 Å². The summed E-state index contributed by atoms with van der Waals surface area (Å²) in [6.07, 6.45) is 2.20. The highest BCUT2D eigenvalue weighted by Gasteiger charge is 2.21. The average Bonchev–Trinajstić information content (AvgIpc) is 2.34. The van der Waals surface area contributed by atoms with E-state index in [2.05, 4.69) is 52.0 Å². The second-order valence-corrected chi connectivity index (χ2v) is 4.76. The van der Waals surface area contributed by atoms with Crippen molar-refractivity contribution in [1.29, 1.82) is 0 Å². The second kappa shape index (κ2) is 6.77. The summed E-state index contributed by atoms with van der Waals surface area (Å²) in [5.41, 5.74) is 8.62. The van der Waals surface area contributed by atoms with E-state index in [1.54, 1.807) is 0 Å². The molecule has 0 aliphatic rings. The van der Waals surface area contributed by atoms with Crippen LogP contribution in [-0.4, -0.2) is 12.1 Å². The van der Waals surface area contributed by atoms with Gasteiger partial charge in [0.1, 0.15) is 0 Å². The van der Waals surface area contributed by atoms with Gasteiger partial charge in [0, 0.05) is 6.04 Å². The largest absolute Gasteiger partial charge is 0.369 e. The van der Waals surface area contributed by atoms with E-state index >= 15 is 0 Å². The highest BCUT2D eigenvalue weighted by molar-refractivity contribution is 5.25. The first kappa shape index (κ1) is 14.2. The molecule has 1 aromatic rings. The van der Waals surface area contributed by atoms with Gasteiger partial charge in [0.25, 0.3) is 0 Å². The van der Waals surface area contributed by atoms with E-state index in [0.29, 0.717) is 0 Å². The van der Waals surface area contributed by atoms with Crippen LogP contribution in [0.4, 0.5) is 0 Å². The molecule has 0 saturated heterocycles. The van der Waals surface area contributed by atoms with E-state index in [-0.39, 0.29) is 18.2 Å². The molecule has 0 aliphatic heterocycles. The minimum atomic E-state index is 0.00912. The quantitative estimate of drug-likeness (QED) is 0.818. The highest BCUT2D eigenvalue weighted by atomic mass is 16.5. The first-order valence-electron chi connectivity index (χ1n) is 6.56. The lowest BCUT2D eigenvalue weighted by Gasteiger charge is -2.27. The van der Waals surface area contributed by atoms with Gasteiger partial charge >= 0.3 is 0 Å². The predicted octanol–water partition coefficient (Wildman–Crippen LogP) is 3.59. The van der Waals surface area contributed by atoms with E-state index in [0.717, 1.165) is 12.8 Å². The van der Waals surface area contributed by atoms with Crippen LogP contribution < -0.4 is 5.73 Å². The third-order valence-electron chi connectivity index (χ3n) is 3.18. The average molecular weight is 235 g/mol. The fourth-order valence-corrected chi connectivity index (χ4v) is 1.83. The van der Waals surface area contributed by atoms with Crippen LogP contribution in [0.1, 0.15) is 50.8 Å². The molecule has 0 heterocycles. The molecule has 0 fully saturated rings. The van der Waals surface area contributed by atoms with Crippen LogP contribution >= 0.6 is 0 Å². The maximum absolute atomic E-state index is 6.18. The van der Waals surface area contributed by atoms with Crippen LogP contribution in [-0.2, 0) is 4.74 Å². The van der Waals surface area contributed by atoms with E-state index in [9.17, 15) is 0 Å². The molecule has 0 spiro atoms. The zero-order valence-electron chi connectivity index (χ0n) is 11.4. The Balaban J connectivity index is 2.89. The smallest absolute Gasteiger partial charge is 0.0979 e. The Labute approximate surface area is 105 Å². The SMILES string of the molecule is CCC(C)OC(c1cccc(C)c1)C(N)CC. The van der Waals surface area contributed by atoms with Crippen molar-refractivity contribution < 1.29 is 4.74 Å². The van der Waals surface area contributed by atoms with Crippen LogP contribution in [0.2, 0.25) is 0 Å². The number of benzene rings is 1. The van der Waals surface area contributed by atoms with Gasteiger partial charge in [-0.25, -0.2) is 0 Å². The normalized spacial score (nSPS) is 16.5. The minimum Gasteiger partial charge on any atom is -0.369 e. The Morgan fingerprint density at radius 2 is 1.94 bits per heavy atom.